The maximum absolute atomic E-state index is 12.0. The van der Waals surface area contributed by atoms with E-state index in [0.29, 0.717) is 26.0 Å². The molecule has 0 aliphatic carbocycles. The number of fused-ring (bicyclic) bond motifs is 3. The van der Waals surface area contributed by atoms with E-state index < -0.39 is 0 Å². The molecule has 1 amide bonds. The highest BCUT2D eigenvalue weighted by Gasteiger charge is 2.14. The molecule has 0 aliphatic rings. The molecule has 0 saturated carbocycles. The summed E-state index contributed by atoms with van der Waals surface area (Å²) in [4.78, 5) is 16.8. The molecule has 3 rings (SSSR count). The minimum absolute atomic E-state index is 0.0561. The van der Waals surface area contributed by atoms with Crippen LogP contribution in [-0.4, -0.2) is 40.8 Å². The van der Waals surface area contributed by atoms with E-state index in [-0.39, 0.29) is 5.91 Å². The summed E-state index contributed by atoms with van der Waals surface area (Å²) in [5.74, 6) is 0.0561. The molecular weight excluding hydrogens is 316 g/mol. The third kappa shape index (κ3) is 3.64. The SMILES string of the molecule is COCCCNC(=O)CCc1c(C)nc2c3ccccc3nn2c1C. The Morgan fingerprint density at radius 2 is 2.08 bits per heavy atom. The van der Waals surface area contributed by atoms with Gasteiger partial charge in [0.25, 0.3) is 0 Å². The number of hydrogen-bond donors (Lipinski definition) is 1. The van der Waals surface area contributed by atoms with Crippen molar-refractivity contribution in [1.82, 2.24) is 19.9 Å². The van der Waals surface area contributed by atoms with Gasteiger partial charge in [-0.25, -0.2) is 9.50 Å². The van der Waals surface area contributed by atoms with Crippen molar-refractivity contribution in [2.75, 3.05) is 20.3 Å². The molecule has 0 spiro atoms. The van der Waals surface area contributed by atoms with E-state index >= 15 is 0 Å². The zero-order valence-corrected chi connectivity index (χ0v) is 15.0. The second-order valence-corrected chi connectivity index (χ2v) is 6.21. The van der Waals surface area contributed by atoms with Gasteiger partial charge in [0.05, 0.1) is 5.52 Å². The van der Waals surface area contributed by atoms with Gasteiger partial charge in [-0.05, 0) is 44.4 Å². The van der Waals surface area contributed by atoms with Crippen LogP contribution < -0.4 is 5.32 Å². The van der Waals surface area contributed by atoms with Crippen molar-refractivity contribution in [3.05, 3.63) is 41.2 Å². The summed E-state index contributed by atoms with van der Waals surface area (Å²) in [7, 11) is 1.66. The van der Waals surface area contributed by atoms with E-state index in [1.165, 1.54) is 0 Å². The van der Waals surface area contributed by atoms with Crippen LogP contribution in [0.5, 0.6) is 0 Å². The fourth-order valence-electron chi connectivity index (χ4n) is 3.11. The number of aryl methyl sites for hydroxylation is 2. The lowest BCUT2D eigenvalue weighted by Crippen LogP contribution is -2.25. The third-order valence-corrected chi connectivity index (χ3v) is 4.47. The molecular formula is C19H24N4O2. The van der Waals surface area contributed by atoms with Crippen LogP contribution in [0.3, 0.4) is 0 Å². The minimum Gasteiger partial charge on any atom is -0.385 e. The quantitative estimate of drug-likeness (QED) is 0.671. The van der Waals surface area contributed by atoms with E-state index in [1.54, 1.807) is 7.11 Å². The molecule has 132 valence electrons. The van der Waals surface area contributed by atoms with Gasteiger partial charge in [0.1, 0.15) is 0 Å². The number of carbonyl (C=O) groups is 1. The Balaban J connectivity index is 1.78. The Morgan fingerprint density at radius 3 is 2.88 bits per heavy atom. The van der Waals surface area contributed by atoms with Gasteiger partial charge in [0, 0.05) is 43.5 Å². The molecule has 0 fully saturated rings. The lowest BCUT2D eigenvalue weighted by atomic mass is 10.1. The van der Waals surface area contributed by atoms with Crippen LogP contribution in [0, 0.1) is 13.8 Å². The number of methoxy groups -OCH3 is 1. The Bertz CT molecular complexity index is 901. The summed E-state index contributed by atoms with van der Waals surface area (Å²) in [6, 6.07) is 8.01. The second kappa shape index (κ2) is 7.61. The molecule has 0 unspecified atom stereocenters. The van der Waals surface area contributed by atoms with Crippen LogP contribution in [0.25, 0.3) is 16.6 Å². The normalized spacial score (nSPS) is 11.3. The van der Waals surface area contributed by atoms with E-state index in [0.717, 1.165) is 39.9 Å². The standard InChI is InChI=1S/C19H24N4O2/c1-13-15(9-10-18(24)20-11-6-12-25-3)14(2)23-19(21-13)16-7-4-5-8-17(16)22-23/h4-5,7-8H,6,9-12H2,1-3H3,(H,20,24). The highest BCUT2D eigenvalue weighted by atomic mass is 16.5. The van der Waals surface area contributed by atoms with Gasteiger partial charge in [-0.3, -0.25) is 4.79 Å². The highest BCUT2D eigenvalue weighted by Crippen LogP contribution is 2.22. The zero-order valence-electron chi connectivity index (χ0n) is 15.0. The summed E-state index contributed by atoms with van der Waals surface area (Å²) in [5, 5.41) is 8.63. The van der Waals surface area contributed by atoms with Crippen molar-refractivity contribution in [3.63, 3.8) is 0 Å². The van der Waals surface area contributed by atoms with E-state index in [9.17, 15) is 4.79 Å². The Kier molecular flexibility index (Phi) is 5.28. The maximum Gasteiger partial charge on any atom is 0.220 e. The molecule has 2 aromatic heterocycles. The fourth-order valence-corrected chi connectivity index (χ4v) is 3.11. The fraction of sp³-hybridized carbons (Fsp3) is 0.421. The first-order valence-corrected chi connectivity index (χ1v) is 8.61. The lowest BCUT2D eigenvalue weighted by molar-refractivity contribution is -0.121. The Hall–Kier alpha value is -2.47. The van der Waals surface area contributed by atoms with Crippen LogP contribution in [0.1, 0.15) is 29.8 Å². The number of benzene rings is 1. The van der Waals surface area contributed by atoms with Crippen molar-refractivity contribution >= 4 is 22.5 Å². The number of rotatable bonds is 7. The summed E-state index contributed by atoms with van der Waals surface area (Å²) in [5.41, 5.74) is 4.91. The monoisotopic (exact) mass is 340 g/mol. The zero-order chi connectivity index (χ0) is 17.8. The molecule has 6 nitrogen and oxygen atoms in total. The van der Waals surface area contributed by atoms with Gasteiger partial charge in [0.15, 0.2) is 5.65 Å². The van der Waals surface area contributed by atoms with Crippen LogP contribution in [0.4, 0.5) is 0 Å². The second-order valence-electron chi connectivity index (χ2n) is 6.21. The molecule has 6 heteroatoms. The summed E-state index contributed by atoms with van der Waals surface area (Å²) < 4.78 is 6.87. The van der Waals surface area contributed by atoms with Gasteiger partial charge in [0.2, 0.25) is 5.91 Å². The van der Waals surface area contributed by atoms with Gasteiger partial charge in [-0.15, -0.1) is 0 Å². The largest absolute Gasteiger partial charge is 0.385 e. The molecule has 0 saturated heterocycles. The first-order valence-electron chi connectivity index (χ1n) is 8.61. The molecule has 1 N–H and O–H groups in total. The Labute approximate surface area is 147 Å². The molecule has 1 aromatic carbocycles. The van der Waals surface area contributed by atoms with E-state index in [4.69, 9.17) is 9.72 Å². The number of aromatic nitrogens is 3. The molecule has 3 aromatic rings. The topological polar surface area (TPSA) is 68.5 Å². The van der Waals surface area contributed by atoms with Crippen molar-refractivity contribution in [2.45, 2.75) is 33.1 Å². The number of nitrogens with zero attached hydrogens (tertiary/aromatic N) is 3. The van der Waals surface area contributed by atoms with Gasteiger partial charge in [-0.2, -0.15) is 5.10 Å². The molecule has 0 radical (unpaired) electrons. The first-order chi connectivity index (χ1) is 12.1. The van der Waals surface area contributed by atoms with Gasteiger partial charge in [-0.1, -0.05) is 12.1 Å². The Morgan fingerprint density at radius 1 is 1.28 bits per heavy atom. The van der Waals surface area contributed by atoms with Crippen molar-refractivity contribution < 1.29 is 9.53 Å². The van der Waals surface area contributed by atoms with Gasteiger partial charge < -0.3 is 10.1 Å². The van der Waals surface area contributed by atoms with Crippen LogP contribution in [-0.2, 0) is 16.0 Å². The molecule has 0 bridgehead atoms. The van der Waals surface area contributed by atoms with Crippen molar-refractivity contribution in [1.29, 1.82) is 0 Å². The number of amides is 1. The predicted molar refractivity (Wildman–Crippen MR) is 97.8 cm³/mol. The molecule has 2 heterocycles. The molecule has 25 heavy (non-hydrogen) atoms. The number of hydrogen-bond acceptors (Lipinski definition) is 4. The predicted octanol–water partition coefficient (Wildman–Crippen LogP) is 2.58. The average molecular weight is 340 g/mol. The van der Waals surface area contributed by atoms with E-state index in [1.807, 2.05) is 42.6 Å². The minimum atomic E-state index is 0.0561. The van der Waals surface area contributed by atoms with Crippen LogP contribution >= 0.6 is 0 Å². The van der Waals surface area contributed by atoms with Crippen LogP contribution in [0.15, 0.2) is 24.3 Å². The molecule has 0 aliphatic heterocycles. The summed E-state index contributed by atoms with van der Waals surface area (Å²) in [6.45, 7) is 5.35. The number of nitrogens with one attached hydrogen (secondary N) is 1. The number of ether oxygens (including phenoxy) is 1. The van der Waals surface area contributed by atoms with Crippen LogP contribution in [0.2, 0.25) is 0 Å². The smallest absolute Gasteiger partial charge is 0.220 e. The average Bonchev–Trinajstić information content (AvgIpc) is 2.97. The van der Waals surface area contributed by atoms with Gasteiger partial charge >= 0.3 is 0 Å². The third-order valence-electron chi connectivity index (χ3n) is 4.47. The lowest BCUT2D eigenvalue weighted by Gasteiger charge is -2.11. The van der Waals surface area contributed by atoms with Crippen molar-refractivity contribution in [3.8, 4) is 0 Å². The number of carbonyl (C=O) groups excluding carboxylic acids is 1. The summed E-state index contributed by atoms with van der Waals surface area (Å²) in [6.07, 6.45) is 1.93. The first kappa shape index (κ1) is 17.4. The summed E-state index contributed by atoms with van der Waals surface area (Å²) >= 11 is 0. The maximum atomic E-state index is 12.0. The highest BCUT2D eigenvalue weighted by molar-refractivity contribution is 5.92. The molecule has 0 atom stereocenters. The van der Waals surface area contributed by atoms with E-state index in [2.05, 4.69) is 10.4 Å². The van der Waals surface area contributed by atoms with Crippen molar-refractivity contribution in [2.24, 2.45) is 0 Å².